The fourth-order valence-electron chi connectivity index (χ4n) is 7.37. The number of hydrogen-bond acceptors (Lipinski definition) is 3. The number of benzene rings is 2. The monoisotopic (exact) mass is 438 g/mol. The third-order valence-electron chi connectivity index (χ3n) is 8.05. The maximum Gasteiger partial charge on any atom is 0.312 e. The molecule has 3 nitrogen and oxygen atoms in total. The highest BCUT2D eigenvalue weighted by molar-refractivity contribution is 5.78. The molecule has 31 heavy (non-hydrogen) atoms. The summed E-state index contributed by atoms with van der Waals surface area (Å²) in [6, 6.07) is 22.0. The van der Waals surface area contributed by atoms with Crippen molar-refractivity contribution < 1.29 is 21.9 Å². The van der Waals surface area contributed by atoms with E-state index in [9.17, 15) is 4.79 Å². The zero-order chi connectivity index (χ0) is 20.8. The fraction of sp³-hybridized carbons (Fsp3) is 0.519. The van der Waals surface area contributed by atoms with Crippen LogP contribution in [0.3, 0.4) is 0 Å². The molecule has 2 aromatic carbocycles. The summed E-state index contributed by atoms with van der Waals surface area (Å²) < 4.78 is 5.92. The minimum atomic E-state index is -0.350. The highest BCUT2D eigenvalue weighted by atomic mass is 35.5. The number of esters is 1. The predicted molar refractivity (Wildman–Crippen MR) is 119 cm³/mol. The standard InChI is InChI=1S/C27H33NO2.ClH/c1-28(2)13-14-30-24(29)27-17-21-15-25(19-27,22-9-5-3-6-10-22)18-26(16-21,20-27)23-11-7-4-8-12-23;/h3-12,21H,13-20H2,1-2H3;1H/p-1. The third kappa shape index (κ3) is 3.81. The van der Waals surface area contributed by atoms with Crippen LogP contribution < -0.4 is 12.4 Å². The van der Waals surface area contributed by atoms with Gasteiger partial charge in [0, 0.05) is 6.54 Å². The van der Waals surface area contributed by atoms with Gasteiger partial charge in [-0.25, -0.2) is 0 Å². The van der Waals surface area contributed by atoms with E-state index in [1.807, 2.05) is 14.1 Å². The summed E-state index contributed by atoms with van der Waals surface area (Å²) in [7, 11) is 4.04. The molecule has 4 aliphatic carbocycles. The Kier molecular flexibility index (Phi) is 5.95. The van der Waals surface area contributed by atoms with Crippen LogP contribution >= 0.6 is 0 Å². The number of halogens is 1. The van der Waals surface area contributed by atoms with Crippen LogP contribution in [0, 0.1) is 11.3 Å². The minimum absolute atomic E-state index is 0. The van der Waals surface area contributed by atoms with E-state index in [4.69, 9.17) is 4.74 Å². The van der Waals surface area contributed by atoms with Crippen molar-refractivity contribution in [3.8, 4) is 0 Å². The second-order valence-electron chi connectivity index (χ2n) is 10.5. The molecule has 6 rings (SSSR count). The molecule has 0 heterocycles. The maximum atomic E-state index is 13.6. The Morgan fingerprint density at radius 2 is 1.39 bits per heavy atom. The van der Waals surface area contributed by atoms with E-state index in [0.717, 1.165) is 32.2 Å². The lowest BCUT2D eigenvalue weighted by Gasteiger charge is -2.66. The Bertz CT molecular complexity index is 858. The zero-order valence-electron chi connectivity index (χ0n) is 18.6. The van der Waals surface area contributed by atoms with Gasteiger partial charge in [-0.05, 0) is 80.5 Å². The van der Waals surface area contributed by atoms with Gasteiger partial charge < -0.3 is 22.0 Å². The quantitative estimate of drug-likeness (QED) is 0.646. The van der Waals surface area contributed by atoms with Crippen molar-refractivity contribution in [3.05, 3.63) is 71.8 Å². The number of likely N-dealkylation sites (N-methyl/N-ethyl adjacent to an activating group) is 1. The molecule has 2 atom stereocenters. The molecule has 2 unspecified atom stereocenters. The first-order chi connectivity index (χ1) is 14.5. The molecule has 0 N–H and O–H groups in total. The van der Waals surface area contributed by atoms with Gasteiger partial charge >= 0.3 is 5.97 Å². The fourth-order valence-corrected chi connectivity index (χ4v) is 7.37. The Labute approximate surface area is 192 Å². The largest absolute Gasteiger partial charge is 1.00 e. The van der Waals surface area contributed by atoms with Crippen LogP contribution in [0.15, 0.2) is 60.7 Å². The van der Waals surface area contributed by atoms with Gasteiger partial charge in [0.05, 0.1) is 5.41 Å². The molecule has 4 aliphatic rings. The zero-order valence-corrected chi connectivity index (χ0v) is 19.4. The van der Waals surface area contributed by atoms with Crippen LogP contribution in [0.2, 0.25) is 0 Å². The van der Waals surface area contributed by atoms with Crippen molar-refractivity contribution in [2.75, 3.05) is 27.2 Å². The van der Waals surface area contributed by atoms with Crippen LogP contribution in [0.4, 0.5) is 0 Å². The van der Waals surface area contributed by atoms with Crippen LogP contribution in [-0.2, 0) is 20.4 Å². The number of rotatable bonds is 6. The first kappa shape index (κ1) is 22.4. The van der Waals surface area contributed by atoms with Crippen molar-refractivity contribution in [1.29, 1.82) is 0 Å². The highest BCUT2D eigenvalue weighted by Gasteiger charge is 2.66. The molecule has 166 valence electrons. The van der Waals surface area contributed by atoms with Gasteiger partial charge in [0.1, 0.15) is 6.61 Å². The summed E-state index contributed by atoms with van der Waals surface area (Å²) in [5, 5.41) is 0. The van der Waals surface area contributed by atoms with E-state index in [-0.39, 0.29) is 34.6 Å². The molecule has 4 saturated carbocycles. The Morgan fingerprint density at radius 3 is 1.87 bits per heavy atom. The molecule has 4 fully saturated rings. The van der Waals surface area contributed by atoms with Gasteiger partial charge in [-0.1, -0.05) is 60.7 Å². The summed E-state index contributed by atoms with van der Waals surface area (Å²) in [6.07, 6.45) is 6.44. The number of carbonyl (C=O) groups excluding carboxylic acids is 1. The SMILES string of the molecule is CN(C)CCOC(=O)C12CC3CC(c4ccccc4)(C1)CC(c1ccccc1)(C3)C2.[Cl-]. The Morgan fingerprint density at radius 1 is 0.871 bits per heavy atom. The average Bonchev–Trinajstić information content (AvgIpc) is 2.74. The van der Waals surface area contributed by atoms with Gasteiger partial charge in [0.15, 0.2) is 0 Å². The third-order valence-corrected chi connectivity index (χ3v) is 8.05. The average molecular weight is 439 g/mol. The summed E-state index contributed by atoms with van der Waals surface area (Å²) in [5.41, 5.74) is 2.64. The topological polar surface area (TPSA) is 29.5 Å². The molecule has 2 aromatic rings. The van der Waals surface area contributed by atoms with Gasteiger partial charge in [-0.2, -0.15) is 0 Å². The molecule has 4 bridgehead atoms. The van der Waals surface area contributed by atoms with Crippen LogP contribution in [0.5, 0.6) is 0 Å². The van der Waals surface area contributed by atoms with E-state index < -0.39 is 0 Å². The first-order valence-corrected chi connectivity index (χ1v) is 11.4. The minimum Gasteiger partial charge on any atom is -1.00 e. The molecule has 0 saturated heterocycles. The van der Waals surface area contributed by atoms with Gasteiger partial charge in [-0.15, -0.1) is 0 Å². The lowest BCUT2D eigenvalue weighted by atomic mass is 9.37. The number of ether oxygens (including phenoxy) is 1. The molecule has 4 heteroatoms. The lowest BCUT2D eigenvalue weighted by molar-refractivity contribution is -0.177. The lowest BCUT2D eigenvalue weighted by Crippen LogP contribution is -3.00. The molecule has 0 aromatic heterocycles. The van der Waals surface area contributed by atoms with Crippen molar-refractivity contribution in [2.45, 2.75) is 49.4 Å². The highest BCUT2D eigenvalue weighted by Crippen LogP contribution is 2.70. The predicted octanol–water partition coefficient (Wildman–Crippen LogP) is 1.96. The normalized spacial score (nSPS) is 33.2. The summed E-state index contributed by atoms with van der Waals surface area (Å²) in [6.45, 7) is 1.26. The maximum absolute atomic E-state index is 13.6. The van der Waals surface area contributed by atoms with E-state index in [2.05, 4.69) is 65.6 Å². The Balaban J connectivity index is 0.00000231. The van der Waals surface area contributed by atoms with Gasteiger partial charge in [0.2, 0.25) is 0 Å². The second kappa shape index (κ2) is 8.26. The van der Waals surface area contributed by atoms with E-state index in [0.29, 0.717) is 12.5 Å². The van der Waals surface area contributed by atoms with Crippen molar-refractivity contribution in [3.63, 3.8) is 0 Å². The molecular weight excluding hydrogens is 406 g/mol. The van der Waals surface area contributed by atoms with Crippen LogP contribution in [-0.4, -0.2) is 38.1 Å². The van der Waals surface area contributed by atoms with Gasteiger partial charge in [-0.3, -0.25) is 4.79 Å². The first-order valence-electron chi connectivity index (χ1n) is 11.4. The summed E-state index contributed by atoms with van der Waals surface area (Å²) >= 11 is 0. The number of hydrogen-bond donors (Lipinski definition) is 0. The van der Waals surface area contributed by atoms with Crippen molar-refractivity contribution >= 4 is 5.97 Å². The number of nitrogens with zero attached hydrogens (tertiary/aromatic N) is 1. The summed E-state index contributed by atoms with van der Waals surface area (Å²) in [5.74, 6) is 0.636. The Hall–Kier alpha value is -1.84. The van der Waals surface area contributed by atoms with Crippen LogP contribution in [0.25, 0.3) is 0 Å². The smallest absolute Gasteiger partial charge is 0.312 e. The van der Waals surface area contributed by atoms with E-state index in [1.165, 1.54) is 24.0 Å². The van der Waals surface area contributed by atoms with Crippen molar-refractivity contribution in [1.82, 2.24) is 4.90 Å². The molecule has 0 radical (unpaired) electrons. The second-order valence-corrected chi connectivity index (χ2v) is 10.5. The van der Waals surface area contributed by atoms with E-state index >= 15 is 0 Å². The molecule has 0 spiro atoms. The van der Waals surface area contributed by atoms with Crippen molar-refractivity contribution in [2.24, 2.45) is 11.3 Å². The van der Waals surface area contributed by atoms with Crippen LogP contribution in [0.1, 0.15) is 49.7 Å². The molecular formula is C27H33ClNO2-. The molecule has 0 amide bonds. The van der Waals surface area contributed by atoms with Gasteiger partial charge in [0.25, 0.3) is 0 Å². The molecule has 0 aliphatic heterocycles. The number of carbonyl (C=O) groups is 1. The van der Waals surface area contributed by atoms with E-state index in [1.54, 1.807) is 0 Å². The summed E-state index contributed by atoms with van der Waals surface area (Å²) in [4.78, 5) is 15.7.